The minimum absolute atomic E-state index is 0.116. The molecule has 0 unspecified atom stereocenters. The second kappa shape index (κ2) is 10.1. The molecule has 3 N–H and O–H groups in total. The Balaban J connectivity index is 1.58. The quantitative estimate of drug-likeness (QED) is 0.566. The SMILES string of the molecule is CCc1ccc(NC(=O)NCC(=O)NC(c2ccccc2)c2ccccc2)cc1. The van der Waals surface area contributed by atoms with Crippen molar-refractivity contribution in [1.82, 2.24) is 10.6 Å². The van der Waals surface area contributed by atoms with Crippen LogP contribution in [0.5, 0.6) is 0 Å². The molecule has 0 aliphatic heterocycles. The van der Waals surface area contributed by atoms with Crippen molar-refractivity contribution in [3.05, 3.63) is 102 Å². The number of nitrogens with one attached hydrogen (secondary N) is 3. The Bertz CT molecular complexity index is 886. The molecule has 3 amide bonds. The van der Waals surface area contributed by atoms with Crippen molar-refractivity contribution in [2.75, 3.05) is 11.9 Å². The van der Waals surface area contributed by atoms with Crippen LogP contribution >= 0.6 is 0 Å². The maximum absolute atomic E-state index is 12.5. The fourth-order valence-corrected chi connectivity index (χ4v) is 3.02. The van der Waals surface area contributed by atoms with E-state index in [-0.39, 0.29) is 18.5 Å². The van der Waals surface area contributed by atoms with Gasteiger partial charge in [-0.05, 0) is 35.2 Å². The summed E-state index contributed by atoms with van der Waals surface area (Å²) in [6, 6.07) is 26.4. The maximum Gasteiger partial charge on any atom is 0.319 e. The predicted octanol–water partition coefficient (Wildman–Crippen LogP) is 4.28. The lowest BCUT2D eigenvalue weighted by molar-refractivity contribution is -0.120. The van der Waals surface area contributed by atoms with Crippen LogP contribution in [0.3, 0.4) is 0 Å². The van der Waals surface area contributed by atoms with Crippen molar-refractivity contribution in [2.45, 2.75) is 19.4 Å². The number of aryl methyl sites for hydroxylation is 1. The molecule has 0 aromatic heterocycles. The van der Waals surface area contributed by atoms with Gasteiger partial charge in [0.15, 0.2) is 0 Å². The third kappa shape index (κ3) is 5.94. The van der Waals surface area contributed by atoms with Crippen LogP contribution in [0, 0.1) is 0 Å². The zero-order valence-electron chi connectivity index (χ0n) is 16.4. The third-order valence-corrected chi connectivity index (χ3v) is 4.60. The smallest absolute Gasteiger partial charge is 0.319 e. The Morgan fingerprint density at radius 1 is 0.793 bits per heavy atom. The standard InChI is InChI=1S/C24H25N3O2/c1-2-18-13-15-21(16-14-18)26-24(29)25-17-22(28)27-23(19-9-5-3-6-10-19)20-11-7-4-8-12-20/h3-16,23H,2,17H2,1H3,(H,27,28)(H2,25,26,29). The molecule has 3 aromatic rings. The summed E-state index contributed by atoms with van der Waals surface area (Å²) in [6.45, 7) is 1.96. The van der Waals surface area contributed by atoms with Crippen LogP contribution in [0.2, 0.25) is 0 Å². The molecule has 0 spiro atoms. The highest BCUT2D eigenvalue weighted by molar-refractivity contribution is 5.92. The molecule has 0 fully saturated rings. The first-order chi connectivity index (χ1) is 14.2. The van der Waals surface area contributed by atoms with E-state index in [9.17, 15) is 9.59 Å². The first-order valence-corrected chi connectivity index (χ1v) is 9.68. The molecule has 0 radical (unpaired) electrons. The maximum atomic E-state index is 12.5. The molecule has 0 atom stereocenters. The average molecular weight is 387 g/mol. The van der Waals surface area contributed by atoms with Gasteiger partial charge in [-0.2, -0.15) is 0 Å². The van der Waals surface area contributed by atoms with E-state index in [0.29, 0.717) is 5.69 Å². The van der Waals surface area contributed by atoms with E-state index in [1.54, 1.807) is 0 Å². The summed E-state index contributed by atoms with van der Waals surface area (Å²) in [6.07, 6.45) is 0.941. The molecule has 3 rings (SSSR count). The lowest BCUT2D eigenvalue weighted by Gasteiger charge is -2.20. The molecule has 0 aliphatic rings. The summed E-state index contributed by atoms with van der Waals surface area (Å²) in [5.41, 5.74) is 3.84. The minimum Gasteiger partial charge on any atom is -0.344 e. The van der Waals surface area contributed by atoms with E-state index in [0.717, 1.165) is 17.5 Å². The fraction of sp³-hybridized carbons (Fsp3) is 0.167. The highest BCUT2D eigenvalue weighted by Crippen LogP contribution is 2.21. The van der Waals surface area contributed by atoms with Gasteiger partial charge in [-0.15, -0.1) is 0 Å². The minimum atomic E-state index is -0.416. The van der Waals surface area contributed by atoms with Crippen LogP contribution in [0.25, 0.3) is 0 Å². The van der Waals surface area contributed by atoms with E-state index in [2.05, 4.69) is 22.9 Å². The Morgan fingerprint density at radius 2 is 1.34 bits per heavy atom. The monoisotopic (exact) mass is 387 g/mol. The van der Waals surface area contributed by atoms with Crippen LogP contribution in [0.15, 0.2) is 84.9 Å². The summed E-state index contributed by atoms with van der Waals surface area (Å²) >= 11 is 0. The molecule has 5 heteroatoms. The van der Waals surface area contributed by atoms with Crippen LogP contribution in [-0.4, -0.2) is 18.5 Å². The molecular weight excluding hydrogens is 362 g/mol. The van der Waals surface area contributed by atoms with E-state index in [1.165, 1.54) is 5.56 Å². The topological polar surface area (TPSA) is 70.2 Å². The van der Waals surface area contributed by atoms with Crippen LogP contribution in [0.1, 0.15) is 29.7 Å². The van der Waals surface area contributed by atoms with Gasteiger partial charge in [0, 0.05) is 5.69 Å². The van der Waals surface area contributed by atoms with E-state index >= 15 is 0 Å². The van der Waals surface area contributed by atoms with Crippen molar-refractivity contribution in [3.63, 3.8) is 0 Å². The van der Waals surface area contributed by atoms with Crippen molar-refractivity contribution in [2.24, 2.45) is 0 Å². The van der Waals surface area contributed by atoms with E-state index in [1.807, 2.05) is 84.9 Å². The molecular formula is C24H25N3O2. The van der Waals surface area contributed by atoms with Gasteiger partial charge in [-0.3, -0.25) is 4.79 Å². The van der Waals surface area contributed by atoms with Crippen molar-refractivity contribution < 1.29 is 9.59 Å². The van der Waals surface area contributed by atoms with Crippen LogP contribution in [0.4, 0.5) is 10.5 Å². The summed E-state index contributed by atoms with van der Waals surface area (Å²) in [5, 5.41) is 8.34. The molecule has 0 bridgehead atoms. The van der Waals surface area contributed by atoms with E-state index < -0.39 is 6.03 Å². The Hall–Kier alpha value is -3.60. The van der Waals surface area contributed by atoms with Gasteiger partial charge in [0.05, 0.1) is 12.6 Å². The van der Waals surface area contributed by atoms with Gasteiger partial charge in [-0.25, -0.2) is 4.79 Å². The van der Waals surface area contributed by atoms with Crippen molar-refractivity contribution >= 4 is 17.6 Å². The molecule has 0 aliphatic carbocycles. The Morgan fingerprint density at radius 3 is 1.86 bits per heavy atom. The number of anilines is 1. The second-order valence-corrected chi connectivity index (χ2v) is 6.68. The van der Waals surface area contributed by atoms with Crippen LogP contribution < -0.4 is 16.0 Å². The van der Waals surface area contributed by atoms with Gasteiger partial charge < -0.3 is 16.0 Å². The van der Waals surface area contributed by atoms with E-state index in [4.69, 9.17) is 0 Å². The molecule has 0 saturated carbocycles. The largest absolute Gasteiger partial charge is 0.344 e. The van der Waals surface area contributed by atoms with Gasteiger partial charge in [0.25, 0.3) is 0 Å². The first-order valence-electron chi connectivity index (χ1n) is 9.68. The fourth-order valence-electron chi connectivity index (χ4n) is 3.02. The number of benzene rings is 3. The van der Waals surface area contributed by atoms with Gasteiger partial charge in [-0.1, -0.05) is 79.7 Å². The number of hydrogen-bond donors (Lipinski definition) is 3. The van der Waals surface area contributed by atoms with Crippen molar-refractivity contribution in [1.29, 1.82) is 0 Å². The third-order valence-electron chi connectivity index (χ3n) is 4.60. The molecule has 148 valence electrons. The number of hydrogen-bond acceptors (Lipinski definition) is 2. The summed E-state index contributed by atoms with van der Waals surface area (Å²) in [7, 11) is 0. The molecule has 0 saturated heterocycles. The zero-order valence-corrected chi connectivity index (χ0v) is 16.4. The highest BCUT2D eigenvalue weighted by Gasteiger charge is 2.16. The van der Waals surface area contributed by atoms with Crippen LogP contribution in [-0.2, 0) is 11.2 Å². The van der Waals surface area contributed by atoms with Gasteiger partial charge in [0.1, 0.15) is 0 Å². The Labute approximate surface area is 171 Å². The number of carbonyl (C=O) groups is 2. The van der Waals surface area contributed by atoms with Gasteiger partial charge >= 0.3 is 6.03 Å². The molecule has 3 aromatic carbocycles. The Kier molecular flexibility index (Phi) is 7.00. The normalized spacial score (nSPS) is 10.4. The molecule has 5 nitrogen and oxygen atoms in total. The van der Waals surface area contributed by atoms with Crippen molar-refractivity contribution in [3.8, 4) is 0 Å². The average Bonchev–Trinajstić information content (AvgIpc) is 2.78. The molecule has 0 heterocycles. The second-order valence-electron chi connectivity index (χ2n) is 6.68. The zero-order chi connectivity index (χ0) is 20.5. The summed E-state index contributed by atoms with van der Waals surface area (Å²) < 4.78 is 0. The number of amides is 3. The number of urea groups is 1. The highest BCUT2D eigenvalue weighted by atomic mass is 16.2. The number of carbonyl (C=O) groups excluding carboxylic acids is 2. The summed E-state index contributed by atoms with van der Waals surface area (Å²) in [4.78, 5) is 24.6. The first kappa shape index (κ1) is 20.1. The lowest BCUT2D eigenvalue weighted by atomic mass is 9.99. The van der Waals surface area contributed by atoms with Gasteiger partial charge in [0.2, 0.25) is 5.91 Å². The summed E-state index contributed by atoms with van der Waals surface area (Å²) in [5.74, 6) is -0.265. The lowest BCUT2D eigenvalue weighted by Crippen LogP contribution is -2.40. The number of rotatable bonds is 7. The molecule has 29 heavy (non-hydrogen) atoms. The predicted molar refractivity (Wildman–Crippen MR) is 116 cm³/mol.